The van der Waals surface area contributed by atoms with Crippen LogP contribution in [-0.2, 0) is 0 Å². The molecule has 1 aromatic carbocycles. The minimum atomic E-state index is -0.491. The highest BCUT2D eigenvalue weighted by molar-refractivity contribution is 6.01. The minimum Gasteiger partial charge on any atom is -0.399 e. The summed E-state index contributed by atoms with van der Waals surface area (Å²) in [5.41, 5.74) is 7.05. The molecule has 2 heterocycles. The van der Waals surface area contributed by atoms with Crippen LogP contribution in [0.2, 0.25) is 0 Å². The molecule has 0 fully saturated rings. The number of aromatic nitrogens is 3. The van der Waals surface area contributed by atoms with Gasteiger partial charge in [-0.2, -0.15) is 0 Å². The molecule has 94 valence electrons. The highest BCUT2D eigenvalue weighted by atomic mass is 16.2. The molecule has 3 aromatic rings. The number of nitrogens with two attached hydrogens (primary N) is 1. The number of carbonyl (C=O) groups excluding carboxylic acids is 1. The molecule has 0 aliphatic heterocycles. The zero-order valence-corrected chi connectivity index (χ0v) is 9.83. The SMILES string of the molecule is Nc1ccc2[nH]c(=O)n(C(=O)c3cccnc3)c2c1. The largest absolute Gasteiger partial charge is 0.399 e. The van der Waals surface area contributed by atoms with Gasteiger partial charge in [-0.1, -0.05) is 0 Å². The molecule has 0 spiro atoms. The Labute approximate surface area is 107 Å². The third-order valence-corrected chi connectivity index (χ3v) is 2.82. The fraction of sp³-hybridized carbons (Fsp3) is 0. The quantitative estimate of drug-likeness (QED) is 0.633. The monoisotopic (exact) mass is 254 g/mol. The van der Waals surface area contributed by atoms with E-state index in [4.69, 9.17) is 5.73 Å². The molecule has 0 unspecified atom stereocenters. The lowest BCUT2D eigenvalue weighted by atomic mass is 10.2. The lowest BCUT2D eigenvalue weighted by Gasteiger charge is -2.02. The number of hydrogen-bond donors (Lipinski definition) is 2. The van der Waals surface area contributed by atoms with E-state index >= 15 is 0 Å². The lowest BCUT2D eigenvalue weighted by Crippen LogP contribution is -2.24. The maximum atomic E-state index is 12.3. The molecular weight excluding hydrogens is 244 g/mol. The summed E-state index contributed by atoms with van der Waals surface area (Å²) >= 11 is 0. The van der Waals surface area contributed by atoms with Crippen LogP contribution >= 0.6 is 0 Å². The molecule has 0 aliphatic rings. The second-order valence-electron chi connectivity index (χ2n) is 4.09. The number of fused-ring (bicyclic) bond motifs is 1. The molecule has 0 aliphatic carbocycles. The minimum absolute atomic E-state index is 0.341. The Morgan fingerprint density at radius 3 is 2.89 bits per heavy atom. The summed E-state index contributed by atoms with van der Waals surface area (Å²) in [4.78, 5) is 30.7. The molecule has 2 aromatic heterocycles. The molecule has 0 saturated carbocycles. The van der Waals surface area contributed by atoms with E-state index in [2.05, 4.69) is 9.97 Å². The Balaban J connectivity index is 2.25. The first-order valence-electron chi connectivity index (χ1n) is 5.62. The van der Waals surface area contributed by atoms with Crippen molar-refractivity contribution < 1.29 is 4.79 Å². The summed E-state index contributed by atoms with van der Waals surface area (Å²) in [7, 11) is 0. The van der Waals surface area contributed by atoms with Crippen molar-refractivity contribution >= 4 is 22.6 Å². The Morgan fingerprint density at radius 2 is 2.16 bits per heavy atom. The predicted octanol–water partition coefficient (Wildman–Crippen LogP) is 0.995. The van der Waals surface area contributed by atoms with E-state index in [1.165, 1.54) is 6.20 Å². The topological polar surface area (TPSA) is 93.8 Å². The van der Waals surface area contributed by atoms with Gasteiger partial charge in [-0.05, 0) is 30.3 Å². The number of nitrogens with zero attached hydrogens (tertiary/aromatic N) is 2. The van der Waals surface area contributed by atoms with Crippen molar-refractivity contribution in [1.82, 2.24) is 14.5 Å². The summed E-state index contributed by atoms with van der Waals surface area (Å²) in [6.07, 6.45) is 2.98. The molecule has 0 atom stereocenters. The predicted molar refractivity (Wildman–Crippen MR) is 70.9 cm³/mol. The zero-order chi connectivity index (χ0) is 13.4. The smallest absolute Gasteiger partial charge is 0.333 e. The number of carbonyl (C=O) groups is 1. The van der Waals surface area contributed by atoms with Gasteiger partial charge in [-0.25, -0.2) is 9.36 Å². The van der Waals surface area contributed by atoms with E-state index in [1.54, 1.807) is 36.5 Å². The average molecular weight is 254 g/mol. The van der Waals surface area contributed by atoms with Crippen LogP contribution in [0.4, 0.5) is 5.69 Å². The van der Waals surface area contributed by atoms with Gasteiger partial charge in [0.2, 0.25) is 0 Å². The summed E-state index contributed by atoms with van der Waals surface area (Å²) in [6.45, 7) is 0. The third kappa shape index (κ3) is 1.79. The van der Waals surface area contributed by atoms with Gasteiger partial charge in [0, 0.05) is 18.1 Å². The fourth-order valence-corrected chi connectivity index (χ4v) is 1.94. The average Bonchev–Trinajstić information content (AvgIpc) is 2.74. The molecule has 6 heteroatoms. The van der Waals surface area contributed by atoms with Crippen molar-refractivity contribution in [2.24, 2.45) is 0 Å². The standard InChI is InChI=1S/C13H10N4O2/c14-9-3-4-10-11(6-9)17(13(19)16-10)12(18)8-2-1-5-15-7-8/h1-7H,14H2,(H,16,19). The molecule has 3 rings (SSSR count). The first-order valence-corrected chi connectivity index (χ1v) is 5.62. The highest BCUT2D eigenvalue weighted by Gasteiger charge is 2.15. The first kappa shape index (κ1) is 11.2. The molecule has 0 bridgehead atoms. The van der Waals surface area contributed by atoms with E-state index in [-0.39, 0.29) is 0 Å². The van der Waals surface area contributed by atoms with Crippen molar-refractivity contribution in [1.29, 1.82) is 0 Å². The van der Waals surface area contributed by atoms with Crippen LogP contribution in [0.1, 0.15) is 10.4 Å². The molecular formula is C13H10N4O2. The Morgan fingerprint density at radius 1 is 1.32 bits per heavy atom. The van der Waals surface area contributed by atoms with Gasteiger partial charge >= 0.3 is 5.69 Å². The number of nitrogens with one attached hydrogen (secondary N) is 1. The first-order chi connectivity index (χ1) is 9.16. The Bertz CT molecular complexity index is 818. The van der Waals surface area contributed by atoms with Gasteiger partial charge in [-0.3, -0.25) is 9.78 Å². The van der Waals surface area contributed by atoms with Crippen LogP contribution in [0.15, 0.2) is 47.5 Å². The Kier molecular flexibility index (Phi) is 2.42. The van der Waals surface area contributed by atoms with Gasteiger partial charge in [0.15, 0.2) is 0 Å². The van der Waals surface area contributed by atoms with Gasteiger partial charge in [0.1, 0.15) is 0 Å². The second kappa shape index (κ2) is 4.09. The second-order valence-corrected chi connectivity index (χ2v) is 4.09. The number of hydrogen-bond acceptors (Lipinski definition) is 4. The number of imidazole rings is 1. The number of benzene rings is 1. The van der Waals surface area contributed by atoms with Gasteiger partial charge in [0.25, 0.3) is 5.91 Å². The van der Waals surface area contributed by atoms with E-state index in [1.807, 2.05) is 0 Å². The number of H-pyrrole nitrogens is 1. The number of aromatic amines is 1. The fourth-order valence-electron chi connectivity index (χ4n) is 1.94. The van der Waals surface area contributed by atoms with Crippen molar-refractivity contribution in [3.8, 4) is 0 Å². The number of rotatable bonds is 1. The maximum absolute atomic E-state index is 12.3. The van der Waals surface area contributed by atoms with Crippen LogP contribution in [0, 0.1) is 0 Å². The van der Waals surface area contributed by atoms with Crippen molar-refractivity contribution in [2.45, 2.75) is 0 Å². The van der Waals surface area contributed by atoms with Gasteiger partial charge in [-0.15, -0.1) is 0 Å². The van der Waals surface area contributed by atoms with Crippen LogP contribution in [0.25, 0.3) is 11.0 Å². The normalized spacial score (nSPS) is 10.7. The summed E-state index contributed by atoms with van der Waals surface area (Å²) in [5.74, 6) is -0.435. The van der Waals surface area contributed by atoms with E-state index in [0.29, 0.717) is 22.3 Å². The lowest BCUT2D eigenvalue weighted by molar-refractivity contribution is 0.0960. The Hall–Kier alpha value is -2.89. The summed E-state index contributed by atoms with van der Waals surface area (Å²) in [6, 6.07) is 8.16. The van der Waals surface area contributed by atoms with Crippen molar-refractivity contribution in [3.05, 3.63) is 58.8 Å². The maximum Gasteiger partial charge on any atom is 0.333 e. The summed E-state index contributed by atoms with van der Waals surface area (Å²) in [5, 5.41) is 0. The van der Waals surface area contributed by atoms with Crippen LogP contribution in [0.5, 0.6) is 0 Å². The molecule has 0 amide bonds. The third-order valence-electron chi connectivity index (χ3n) is 2.82. The molecule has 3 N–H and O–H groups in total. The van der Waals surface area contributed by atoms with Gasteiger partial charge < -0.3 is 10.7 Å². The highest BCUT2D eigenvalue weighted by Crippen LogP contribution is 2.15. The van der Waals surface area contributed by atoms with E-state index in [0.717, 1.165) is 4.57 Å². The molecule has 19 heavy (non-hydrogen) atoms. The molecule has 6 nitrogen and oxygen atoms in total. The molecule has 0 radical (unpaired) electrons. The van der Waals surface area contributed by atoms with Crippen LogP contribution in [0.3, 0.4) is 0 Å². The van der Waals surface area contributed by atoms with Crippen molar-refractivity contribution in [3.63, 3.8) is 0 Å². The van der Waals surface area contributed by atoms with Crippen LogP contribution < -0.4 is 11.4 Å². The zero-order valence-electron chi connectivity index (χ0n) is 9.83. The van der Waals surface area contributed by atoms with Crippen LogP contribution in [-0.4, -0.2) is 20.4 Å². The number of anilines is 1. The molecule has 0 saturated heterocycles. The van der Waals surface area contributed by atoms with Gasteiger partial charge in [0.05, 0.1) is 16.6 Å². The van der Waals surface area contributed by atoms with Crippen molar-refractivity contribution in [2.75, 3.05) is 5.73 Å². The number of nitrogen functional groups attached to an aromatic ring is 1. The summed E-state index contributed by atoms with van der Waals surface area (Å²) < 4.78 is 1.06. The number of pyridine rings is 1. The van der Waals surface area contributed by atoms with E-state index < -0.39 is 11.6 Å². The van der Waals surface area contributed by atoms with E-state index in [9.17, 15) is 9.59 Å².